The van der Waals surface area contributed by atoms with Crippen LogP contribution in [-0.2, 0) is 4.79 Å². The summed E-state index contributed by atoms with van der Waals surface area (Å²) in [5, 5.41) is 11.6. The largest absolute Gasteiger partial charge is 0.394 e. The summed E-state index contributed by atoms with van der Waals surface area (Å²) < 4.78 is 0. The fourth-order valence-electron chi connectivity index (χ4n) is 0.934. The van der Waals surface area contributed by atoms with Gasteiger partial charge in [0.15, 0.2) is 0 Å². The number of aliphatic hydroxyl groups is 1. The molecule has 0 bridgehead atoms. The average Bonchev–Trinajstić information content (AvgIpc) is 1.98. The fourth-order valence-corrected chi connectivity index (χ4v) is 0.934. The minimum absolute atomic E-state index is 0.0281. The molecule has 0 saturated carbocycles. The second-order valence-electron chi connectivity index (χ2n) is 3.45. The molecule has 72 valence electrons. The van der Waals surface area contributed by atoms with Crippen LogP contribution in [0.1, 0.15) is 33.6 Å². The van der Waals surface area contributed by atoms with Crippen LogP contribution in [0.5, 0.6) is 0 Å². The lowest BCUT2D eigenvalue weighted by Gasteiger charge is -2.14. The van der Waals surface area contributed by atoms with Crippen LogP contribution in [0.3, 0.4) is 0 Å². The summed E-state index contributed by atoms with van der Waals surface area (Å²) in [5.74, 6) is 0.409. The molecule has 2 N–H and O–H groups in total. The number of hydrogen-bond acceptors (Lipinski definition) is 2. The third kappa shape index (κ3) is 5.13. The van der Waals surface area contributed by atoms with Gasteiger partial charge in [-0.1, -0.05) is 20.8 Å². The van der Waals surface area contributed by atoms with Crippen LogP contribution in [0.2, 0.25) is 0 Å². The molecule has 0 rings (SSSR count). The predicted molar refractivity (Wildman–Crippen MR) is 48.8 cm³/mol. The lowest BCUT2D eigenvalue weighted by atomic mass is 10.1. The third-order valence-electron chi connectivity index (χ3n) is 1.67. The van der Waals surface area contributed by atoms with Crippen LogP contribution in [0.25, 0.3) is 0 Å². The van der Waals surface area contributed by atoms with Gasteiger partial charge in [0.1, 0.15) is 0 Å². The minimum atomic E-state index is -0.0729. The topological polar surface area (TPSA) is 49.3 Å². The first-order valence-corrected chi connectivity index (χ1v) is 4.50. The molecule has 3 heteroatoms. The smallest absolute Gasteiger partial charge is 0.220 e. The highest BCUT2D eigenvalue weighted by atomic mass is 16.3. The molecule has 0 aromatic heterocycles. The average molecular weight is 173 g/mol. The van der Waals surface area contributed by atoms with Crippen molar-refractivity contribution in [2.75, 3.05) is 6.61 Å². The monoisotopic (exact) mass is 173 g/mol. The first-order valence-electron chi connectivity index (χ1n) is 4.50. The number of carbonyl (C=O) groups excluding carboxylic acids is 1. The summed E-state index contributed by atoms with van der Waals surface area (Å²) in [7, 11) is 0. The van der Waals surface area contributed by atoms with Gasteiger partial charge in [-0.3, -0.25) is 4.79 Å². The summed E-state index contributed by atoms with van der Waals surface area (Å²) in [6.45, 7) is 5.97. The highest BCUT2D eigenvalue weighted by Crippen LogP contribution is 1.99. The number of aliphatic hydroxyl groups excluding tert-OH is 1. The molecule has 0 fully saturated rings. The SMILES string of the molecule is CC[C@H](CO)NC(=O)CC(C)C. The van der Waals surface area contributed by atoms with E-state index in [1.165, 1.54) is 0 Å². The van der Waals surface area contributed by atoms with Crippen molar-refractivity contribution in [1.82, 2.24) is 5.32 Å². The molecule has 0 aliphatic heterocycles. The van der Waals surface area contributed by atoms with Gasteiger partial charge in [0.25, 0.3) is 0 Å². The maximum atomic E-state index is 11.2. The van der Waals surface area contributed by atoms with Gasteiger partial charge in [0.2, 0.25) is 5.91 Å². The Bertz CT molecular complexity index is 130. The molecule has 0 saturated heterocycles. The fraction of sp³-hybridized carbons (Fsp3) is 0.889. The molecule has 0 heterocycles. The summed E-state index contributed by atoms with van der Waals surface area (Å²) in [6, 6.07) is -0.0729. The van der Waals surface area contributed by atoms with Crippen LogP contribution >= 0.6 is 0 Å². The molecule has 0 spiro atoms. The van der Waals surface area contributed by atoms with Crippen molar-refractivity contribution in [2.24, 2.45) is 5.92 Å². The molecule has 1 atom stereocenters. The van der Waals surface area contributed by atoms with Crippen LogP contribution < -0.4 is 5.32 Å². The number of amides is 1. The predicted octanol–water partition coefficient (Wildman–Crippen LogP) is 0.920. The van der Waals surface area contributed by atoms with Crippen molar-refractivity contribution in [2.45, 2.75) is 39.7 Å². The van der Waals surface area contributed by atoms with E-state index in [1.807, 2.05) is 20.8 Å². The Morgan fingerprint density at radius 2 is 2.08 bits per heavy atom. The number of nitrogens with one attached hydrogen (secondary N) is 1. The molecular formula is C9H19NO2. The Balaban J connectivity index is 3.66. The highest BCUT2D eigenvalue weighted by molar-refractivity contribution is 5.76. The van der Waals surface area contributed by atoms with Crippen LogP contribution in [0, 0.1) is 5.92 Å². The van der Waals surface area contributed by atoms with E-state index in [0.717, 1.165) is 6.42 Å². The van der Waals surface area contributed by atoms with Gasteiger partial charge in [-0.05, 0) is 12.3 Å². The molecule has 0 aliphatic rings. The van der Waals surface area contributed by atoms with Gasteiger partial charge in [-0.2, -0.15) is 0 Å². The van der Waals surface area contributed by atoms with Gasteiger partial charge < -0.3 is 10.4 Å². The molecule has 0 unspecified atom stereocenters. The summed E-state index contributed by atoms with van der Waals surface area (Å²) >= 11 is 0. The molecule has 12 heavy (non-hydrogen) atoms. The second-order valence-corrected chi connectivity index (χ2v) is 3.45. The minimum Gasteiger partial charge on any atom is -0.394 e. The highest BCUT2D eigenvalue weighted by Gasteiger charge is 2.09. The maximum absolute atomic E-state index is 11.2. The Kier molecular flexibility index (Phi) is 5.72. The van der Waals surface area contributed by atoms with Gasteiger partial charge in [0.05, 0.1) is 12.6 Å². The molecule has 0 aromatic rings. The zero-order valence-electron chi connectivity index (χ0n) is 8.13. The van der Waals surface area contributed by atoms with Crippen molar-refractivity contribution in [3.05, 3.63) is 0 Å². The lowest BCUT2D eigenvalue weighted by molar-refractivity contribution is -0.122. The van der Waals surface area contributed by atoms with Crippen molar-refractivity contribution in [3.8, 4) is 0 Å². The van der Waals surface area contributed by atoms with Gasteiger partial charge in [0, 0.05) is 6.42 Å². The van der Waals surface area contributed by atoms with Crippen molar-refractivity contribution in [3.63, 3.8) is 0 Å². The molecule has 0 aliphatic carbocycles. The van der Waals surface area contributed by atoms with E-state index in [2.05, 4.69) is 5.32 Å². The Morgan fingerprint density at radius 3 is 2.42 bits per heavy atom. The van der Waals surface area contributed by atoms with Crippen molar-refractivity contribution in [1.29, 1.82) is 0 Å². The van der Waals surface area contributed by atoms with Crippen LogP contribution in [0.15, 0.2) is 0 Å². The van der Waals surface area contributed by atoms with Gasteiger partial charge in [-0.15, -0.1) is 0 Å². The van der Waals surface area contributed by atoms with Crippen molar-refractivity contribution >= 4 is 5.91 Å². The first-order chi connectivity index (χ1) is 5.60. The normalized spacial score (nSPS) is 13.1. The zero-order valence-corrected chi connectivity index (χ0v) is 8.13. The van der Waals surface area contributed by atoms with Crippen LogP contribution in [0.4, 0.5) is 0 Å². The van der Waals surface area contributed by atoms with E-state index < -0.39 is 0 Å². The van der Waals surface area contributed by atoms with Gasteiger partial charge >= 0.3 is 0 Å². The number of carbonyl (C=O) groups is 1. The lowest BCUT2D eigenvalue weighted by Crippen LogP contribution is -2.37. The van der Waals surface area contributed by atoms with E-state index in [4.69, 9.17) is 5.11 Å². The Hall–Kier alpha value is -0.570. The molecule has 3 nitrogen and oxygen atoms in total. The van der Waals surface area contributed by atoms with Crippen LogP contribution in [-0.4, -0.2) is 23.7 Å². The zero-order chi connectivity index (χ0) is 9.56. The van der Waals surface area contributed by atoms with Crippen molar-refractivity contribution < 1.29 is 9.90 Å². The number of rotatable bonds is 5. The van der Waals surface area contributed by atoms with E-state index in [-0.39, 0.29) is 18.6 Å². The van der Waals surface area contributed by atoms with E-state index in [1.54, 1.807) is 0 Å². The van der Waals surface area contributed by atoms with E-state index >= 15 is 0 Å². The summed E-state index contributed by atoms with van der Waals surface area (Å²) in [5.41, 5.74) is 0. The first kappa shape index (κ1) is 11.4. The second kappa shape index (κ2) is 6.00. The van der Waals surface area contributed by atoms with Gasteiger partial charge in [-0.25, -0.2) is 0 Å². The summed E-state index contributed by atoms with van der Waals surface area (Å²) in [6.07, 6.45) is 1.32. The molecular weight excluding hydrogens is 154 g/mol. The van der Waals surface area contributed by atoms with E-state index in [0.29, 0.717) is 12.3 Å². The third-order valence-corrected chi connectivity index (χ3v) is 1.67. The summed E-state index contributed by atoms with van der Waals surface area (Å²) in [4.78, 5) is 11.2. The standard InChI is InChI=1S/C9H19NO2/c1-4-8(6-11)10-9(12)5-7(2)3/h7-8,11H,4-6H2,1-3H3,(H,10,12)/t8-/m1/s1. The number of hydrogen-bond donors (Lipinski definition) is 2. The quantitative estimate of drug-likeness (QED) is 0.649. The maximum Gasteiger partial charge on any atom is 0.220 e. The molecule has 0 radical (unpaired) electrons. The molecule has 1 amide bonds. The Labute approximate surface area is 74.2 Å². The Morgan fingerprint density at radius 1 is 1.50 bits per heavy atom. The molecule has 0 aromatic carbocycles. The van der Waals surface area contributed by atoms with E-state index in [9.17, 15) is 4.79 Å².